The molecule has 3 nitrogen and oxygen atoms in total. The van der Waals surface area contributed by atoms with Crippen molar-refractivity contribution in [3.05, 3.63) is 54.1 Å². The molecule has 2 aromatic carbocycles. The largest absolute Gasteiger partial charge is 0.507 e. The van der Waals surface area contributed by atoms with Crippen molar-refractivity contribution in [3.63, 3.8) is 0 Å². The monoisotopic (exact) mass is 313 g/mol. The zero-order valence-corrected chi connectivity index (χ0v) is 11.3. The second-order valence-corrected chi connectivity index (χ2v) is 5.04. The molecule has 0 aliphatic heterocycles. The van der Waals surface area contributed by atoms with Gasteiger partial charge in [-0.25, -0.2) is 0 Å². The summed E-state index contributed by atoms with van der Waals surface area (Å²) in [6.07, 6.45) is -4.55. The molecule has 110 valence electrons. The number of carbonyl (C=O) groups is 1. The van der Waals surface area contributed by atoms with Crippen LogP contribution in [0.5, 0.6) is 5.75 Å². The van der Waals surface area contributed by atoms with Crippen LogP contribution in [0.3, 0.4) is 0 Å². The first-order valence-electron chi connectivity index (χ1n) is 5.81. The van der Waals surface area contributed by atoms with E-state index in [2.05, 4.69) is 5.32 Å². The van der Waals surface area contributed by atoms with Crippen molar-refractivity contribution in [2.24, 2.45) is 0 Å². The van der Waals surface area contributed by atoms with E-state index in [-0.39, 0.29) is 16.3 Å². The molecule has 21 heavy (non-hydrogen) atoms. The summed E-state index contributed by atoms with van der Waals surface area (Å²) in [4.78, 5) is 12.1. The van der Waals surface area contributed by atoms with Crippen molar-refractivity contribution < 1.29 is 23.1 Å². The third kappa shape index (κ3) is 3.91. The Balaban J connectivity index is 2.16. The lowest BCUT2D eigenvalue weighted by atomic mass is 10.2. The number of phenols is 1. The minimum atomic E-state index is -4.55. The summed E-state index contributed by atoms with van der Waals surface area (Å²) in [6, 6.07) is 10.8. The van der Waals surface area contributed by atoms with Crippen molar-refractivity contribution in [2.75, 3.05) is 5.32 Å². The minimum Gasteiger partial charge on any atom is -0.507 e. The molecule has 1 amide bonds. The molecule has 2 aromatic rings. The summed E-state index contributed by atoms with van der Waals surface area (Å²) in [7, 11) is 0. The SMILES string of the molecule is O=C(Nc1ccccc1C(F)(F)F)Sc1ccccc1O. The van der Waals surface area contributed by atoms with Gasteiger partial charge in [0, 0.05) is 0 Å². The third-order valence-electron chi connectivity index (χ3n) is 2.54. The Labute approximate surface area is 122 Å². The minimum absolute atomic E-state index is 0.109. The maximum absolute atomic E-state index is 12.8. The van der Waals surface area contributed by atoms with Crippen LogP contribution >= 0.6 is 11.8 Å². The fourth-order valence-electron chi connectivity index (χ4n) is 1.62. The molecule has 7 heteroatoms. The summed E-state index contributed by atoms with van der Waals surface area (Å²) in [6.45, 7) is 0. The van der Waals surface area contributed by atoms with Gasteiger partial charge >= 0.3 is 6.18 Å². The molecule has 0 aromatic heterocycles. The molecule has 0 unspecified atom stereocenters. The number of thioether (sulfide) groups is 1. The lowest BCUT2D eigenvalue weighted by Crippen LogP contribution is -2.13. The Morgan fingerprint density at radius 3 is 2.33 bits per heavy atom. The molecule has 0 aliphatic carbocycles. The third-order valence-corrected chi connectivity index (χ3v) is 3.39. The van der Waals surface area contributed by atoms with E-state index in [1.54, 1.807) is 12.1 Å². The van der Waals surface area contributed by atoms with Gasteiger partial charge in [0.1, 0.15) is 5.75 Å². The molecular formula is C14H10F3NO2S. The number of para-hydroxylation sites is 2. The van der Waals surface area contributed by atoms with Gasteiger partial charge in [-0.05, 0) is 36.0 Å². The number of anilines is 1. The summed E-state index contributed by atoms with van der Waals surface area (Å²) < 4.78 is 38.4. The van der Waals surface area contributed by atoms with Gasteiger partial charge in [0.2, 0.25) is 0 Å². The van der Waals surface area contributed by atoms with Crippen LogP contribution in [0.15, 0.2) is 53.4 Å². The van der Waals surface area contributed by atoms with Crippen molar-refractivity contribution in [1.29, 1.82) is 0 Å². The zero-order chi connectivity index (χ0) is 15.5. The molecule has 0 radical (unpaired) electrons. The van der Waals surface area contributed by atoms with Crippen LogP contribution in [0.2, 0.25) is 0 Å². The normalized spacial score (nSPS) is 11.2. The van der Waals surface area contributed by atoms with Crippen molar-refractivity contribution in [3.8, 4) is 5.75 Å². The Hall–Kier alpha value is -2.15. The van der Waals surface area contributed by atoms with E-state index in [1.807, 2.05) is 0 Å². The van der Waals surface area contributed by atoms with Crippen LogP contribution in [0, 0.1) is 0 Å². The standard InChI is InChI=1S/C14H10F3NO2S/c15-14(16,17)9-5-1-2-6-10(9)18-13(20)21-12-8-4-3-7-11(12)19/h1-8,19H,(H,18,20). The number of alkyl halides is 3. The van der Waals surface area contributed by atoms with Crippen LogP contribution in [-0.2, 0) is 6.18 Å². The van der Waals surface area contributed by atoms with Gasteiger partial charge in [0.15, 0.2) is 0 Å². The number of amides is 1. The first kappa shape index (κ1) is 15.2. The number of aromatic hydroxyl groups is 1. The van der Waals surface area contributed by atoms with Gasteiger partial charge in [-0.2, -0.15) is 13.2 Å². The average Bonchev–Trinajstić information content (AvgIpc) is 2.41. The molecular weight excluding hydrogens is 303 g/mol. The second-order valence-electron chi connectivity index (χ2n) is 4.03. The Bertz CT molecular complexity index is 659. The lowest BCUT2D eigenvalue weighted by molar-refractivity contribution is -0.136. The average molecular weight is 313 g/mol. The fraction of sp³-hybridized carbons (Fsp3) is 0.0714. The molecule has 0 heterocycles. The maximum atomic E-state index is 12.8. The second kappa shape index (κ2) is 6.09. The van der Waals surface area contributed by atoms with Gasteiger partial charge in [-0.3, -0.25) is 4.79 Å². The predicted molar refractivity (Wildman–Crippen MR) is 74.4 cm³/mol. The molecule has 0 fully saturated rings. The highest BCUT2D eigenvalue weighted by Gasteiger charge is 2.33. The van der Waals surface area contributed by atoms with E-state index in [1.165, 1.54) is 30.3 Å². The number of rotatable bonds is 2. The highest BCUT2D eigenvalue weighted by molar-refractivity contribution is 8.14. The van der Waals surface area contributed by atoms with Crippen LogP contribution in [0.25, 0.3) is 0 Å². The number of carbonyl (C=O) groups excluding carboxylic acids is 1. The van der Waals surface area contributed by atoms with E-state index in [0.29, 0.717) is 11.8 Å². The van der Waals surface area contributed by atoms with E-state index in [0.717, 1.165) is 6.07 Å². The number of hydrogen-bond acceptors (Lipinski definition) is 3. The van der Waals surface area contributed by atoms with Gasteiger partial charge in [0.25, 0.3) is 5.24 Å². The number of benzene rings is 2. The van der Waals surface area contributed by atoms with Crippen molar-refractivity contribution in [2.45, 2.75) is 11.1 Å². The van der Waals surface area contributed by atoms with E-state index < -0.39 is 17.0 Å². The summed E-state index contributed by atoms with van der Waals surface area (Å²) >= 11 is 0.617. The molecule has 0 spiro atoms. The molecule has 0 bridgehead atoms. The lowest BCUT2D eigenvalue weighted by Gasteiger charge is -2.13. The van der Waals surface area contributed by atoms with Gasteiger partial charge in [0.05, 0.1) is 16.1 Å². The smallest absolute Gasteiger partial charge is 0.418 e. The van der Waals surface area contributed by atoms with Crippen LogP contribution in [0.4, 0.5) is 23.7 Å². The summed E-state index contributed by atoms with van der Waals surface area (Å²) in [5.41, 5.74) is -1.24. The Morgan fingerprint density at radius 1 is 1.05 bits per heavy atom. The van der Waals surface area contributed by atoms with Crippen molar-refractivity contribution >= 4 is 22.7 Å². The fourth-order valence-corrected chi connectivity index (χ4v) is 2.30. The van der Waals surface area contributed by atoms with E-state index in [9.17, 15) is 23.1 Å². The zero-order valence-electron chi connectivity index (χ0n) is 10.5. The molecule has 0 saturated carbocycles. The van der Waals surface area contributed by atoms with Crippen LogP contribution in [0.1, 0.15) is 5.56 Å². The first-order chi connectivity index (χ1) is 9.88. The predicted octanol–water partition coefficient (Wildman–Crippen LogP) is 4.74. The van der Waals surface area contributed by atoms with Gasteiger partial charge < -0.3 is 10.4 Å². The van der Waals surface area contributed by atoms with Crippen LogP contribution in [-0.4, -0.2) is 10.3 Å². The first-order valence-corrected chi connectivity index (χ1v) is 6.62. The number of nitrogens with one attached hydrogen (secondary N) is 1. The van der Waals surface area contributed by atoms with Gasteiger partial charge in [-0.15, -0.1) is 0 Å². The molecule has 2 N–H and O–H groups in total. The summed E-state index contributed by atoms with van der Waals surface area (Å²) in [5, 5.41) is 11.0. The van der Waals surface area contributed by atoms with Gasteiger partial charge in [-0.1, -0.05) is 24.3 Å². The molecule has 0 atom stereocenters. The highest BCUT2D eigenvalue weighted by Crippen LogP contribution is 2.36. The molecule has 0 saturated heterocycles. The Kier molecular flexibility index (Phi) is 4.42. The summed E-state index contributed by atoms with van der Waals surface area (Å²) in [5.74, 6) is -0.109. The topological polar surface area (TPSA) is 49.3 Å². The quantitative estimate of drug-likeness (QED) is 0.788. The van der Waals surface area contributed by atoms with E-state index >= 15 is 0 Å². The number of hydrogen-bond donors (Lipinski definition) is 2. The maximum Gasteiger partial charge on any atom is 0.418 e. The van der Waals surface area contributed by atoms with E-state index in [4.69, 9.17) is 0 Å². The van der Waals surface area contributed by atoms with Crippen molar-refractivity contribution in [1.82, 2.24) is 0 Å². The molecule has 0 aliphatic rings. The Morgan fingerprint density at radius 2 is 1.67 bits per heavy atom. The number of halogens is 3. The molecule has 2 rings (SSSR count). The highest BCUT2D eigenvalue weighted by atomic mass is 32.2. The van der Waals surface area contributed by atoms with Crippen LogP contribution < -0.4 is 5.32 Å². The number of phenolic OH excluding ortho intramolecular Hbond substituents is 1.